The van der Waals surface area contributed by atoms with Crippen LogP contribution in [-0.4, -0.2) is 44.5 Å². The van der Waals surface area contributed by atoms with Crippen molar-refractivity contribution in [2.45, 2.75) is 12.2 Å². The minimum Gasteiger partial charge on any atom is -0.505 e. The maximum Gasteiger partial charge on any atom is 0.271 e. The van der Waals surface area contributed by atoms with E-state index in [1.165, 1.54) is 0 Å². The zero-order valence-electron chi connectivity index (χ0n) is 10.1. The summed E-state index contributed by atoms with van der Waals surface area (Å²) in [7, 11) is 0. The molecule has 0 aromatic carbocycles. The van der Waals surface area contributed by atoms with Gasteiger partial charge in [0.1, 0.15) is 17.2 Å². The maximum absolute atomic E-state index is 13.4. The lowest BCUT2D eigenvalue weighted by Crippen LogP contribution is -2.31. The lowest BCUT2D eigenvalue weighted by atomic mass is 10.2. The zero-order valence-corrected chi connectivity index (χ0v) is 10.1. The fraction of sp³-hybridized carbons (Fsp3) is 0.273. The van der Waals surface area contributed by atoms with Crippen molar-refractivity contribution in [3.63, 3.8) is 0 Å². The van der Waals surface area contributed by atoms with Crippen LogP contribution in [0.1, 0.15) is 5.56 Å². The molecule has 0 radical (unpaired) electrons. The average Bonchev–Trinajstić information content (AvgIpc) is 2.66. The van der Waals surface area contributed by atoms with Crippen molar-refractivity contribution >= 4 is 11.7 Å². The van der Waals surface area contributed by atoms with E-state index in [1.54, 1.807) is 0 Å². The largest absolute Gasteiger partial charge is 0.505 e. The summed E-state index contributed by atoms with van der Waals surface area (Å²) in [5.74, 6) is -2.88. The number of nitrogens with one attached hydrogen (secondary N) is 1. The molecule has 0 amide bonds. The maximum atomic E-state index is 13.4. The topological polar surface area (TPSA) is 142 Å². The van der Waals surface area contributed by atoms with Gasteiger partial charge in [0.15, 0.2) is 18.0 Å². The molecule has 2 unspecified atom stereocenters. The number of nitrogens with two attached hydrogens (primary N) is 1. The van der Waals surface area contributed by atoms with E-state index in [9.17, 15) is 19.4 Å². The Morgan fingerprint density at radius 1 is 1.60 bits per heavy atom. The highest BCUT2D eigenvalue weighted by Gasteiger charge is 2.37. The molecule has 1 aliphatic heterocycles. The fourth-order valence-electron chi connectivity index (χ4n) is 1.81. The number of hydrogen-bond acceptors (Lipinski definition) is 6. The number of halogens is 1. The molecule has 108 valence electrons. The first kappa shape index (κ1) is 14.0. The van der Waals surface area contributed by atoms with Crippen molar-refractivity contribution in [1.82, 2.24) is 4.57 Å². The van der Waals surface area contributed by atoms with Gasteiger partial charge in [0, 0.05) is 6.20 Å². The second kappa shape index (κ2) is 4.94. The van der Waals surface area contributed by atoms with Crippen LogP contribution in [0.2, 0.25) is 0 Å². The number of hydrogen-bond donors (Lipinski definition) is 5. The number of nitrogens with zero attached hydrogens (tertiary/aromatic N) is 1. The summed E-state index contributed by atoms with van der Waals surface area (Å²) >= 11 is 0. The van der Waals surface area contributed by atoms with Gasteiger partial charge in [-0.05, 0) is 6.07 Å². The lowest BCUT2D eigenvalue weighted by Gasteiger charge is -2.13. The molecular weight excluding hydrogens is 273 g/mol. The molecule has 0 fully saturated rings. The van der Waals surface area contributed by atoms with Gasteiger partial charge in [-0.2, -0.15) is 0 Å². The predicted molar refractivity (Wildman–Crippen MR) is 65.5 cm³/mol. The monoisotopic (exact) mass is 285 g/mol. The van der Waals surface area contributed by atoms with Crippen molar-refractivity contribution in [2.24, 2.45) is 5.73 Å². The van der Waals surface area contributed by atoms with E-state index in [2.05, 4.69) is 0 Å². The Morgan fingerprint density at radius 3 is 2.75 bits per heavy atom. The summed E-state index contributed by atoms with van der Waals surface area (Å²) in [6.07, 6.45) is -1.68. The zero-order chi connectivity index (χ0) is 15.0. The number of ether oxygens (including phenoxy) is 1. The molecule has 20 heavy (non-hydrogen) atoms. The first-order valence-corrected chi connectivity index (χ1v) is 5.53. The Morgan fingerprint density at radius 2 is 2.25 bits per heavy atom. The second-order valence-electron chi connectivity index (χ2n) is 4.10. The van der Waals surface area contributed by atoms with Crippen molar-refractivity contribution in [3.8, 4) is 0 Å². The van der Waals surface area contributed by atoms with Gasteiger partial charge in [-0.15, -0.1) is 0 Å². The van der Waals surface area contributed by atoms with E-state index in [1.807, 2.05) is 0 Å². The van der Waals surface area contributed by atoms with Crippen LogP contribution < -0.4 is 11.3 Å². The van der Waals surface area contributed by atoms with Gasteiger partial charge >= 0.3 is 0 Å². The highest BCUT2D eigenvalue weighted by molar-refractivity contribution is 5.94. The van der Waals surface area contributed by atoms with Crippen LogP contribution in [0.5, 0.6) is 0 Å². The number of rotatable bonds is 3. The third kappa shape index (κ3) is 2.02. The standard InChI is InChI=1S/C11H12FN3O5/c12-4-1-2-15(10(19)6(4)9(13)14)11-8(18)7(17)5(3-16)20-11/h1-2,5,7,16-18H,3H2,(H3,13,14). The number of aliphatic hydroxyl groups is 3. The fourth-order valence-corrected chi connectivity index (χ4v) is 1.81. The van der Waals surface area contributed by atoms with E-state index in [0.29, 0.717) is 4.57 Å². The Bertz CT molecular complexity index is 654. The molecule has 2 atom stereocenters. The molecule has 0 saturated heterocycles. The number of pyridine rings is 1. The Balaban J connectivity index is 2.59. The average molecular weight is 285 g/mol. The summed E-state index contributed by atoms with van der Waals surface area (Å²) < 4.78 is 19.2. The van der Waals surface area contributed by atoms with Gasteiger partial charge in [-0.3, -0.25) is 14.8 Å². The molecule has 9 heteroatoms. The van der Waals surface area contributed by atoms with Crippen molar-refractivity contribution < 1.29 is 24.4 Å². The van der Waals surface area contributed by atoms with Crippen LogP contribution in [0.25, 0.3) is 5.88 Å². The molecule has 2 heterocycles. The molecule has 8 nitrogen and oxygen atoms in total. The lowest BCUT2D eigenvalue weighted by molar-refractivity contribution is 0.0137. The molecule has 0 bridgehead atoms. The summed E-state index contributed by atoms with van der Waals surface area (Å²) in [5, 5.41) is 35.4. The molecule has 2 rings (SSSR count). The highest BCUT2D eigenvalue weighted by atomic mass is 19.1. The molecule has 0 spiro atoms. The second-order valence-corrected chi connectivity index (χ2v) is 4.10. The summed E-state index contributed by atoms with van der Waals surface area (Å²) in [6.45, 7) is -0.593. The minimum absolute atomic E-state index is 0.441. The van der Waals surface area contributed by atoms with Crippen LogP contribution in [0, 0.1) is 11.2 Å². The van der Waals surface area contributed by atoms with E-state index in [4.69, 9.17) is 21.0 Å². The van der Waals surface area contributed by atoms with Crippen LogP contribution in [-0.2, 0) is 4.74 Å². The molecule has 1 aliphatic rings. The van der Waals surface area contributed by atoms with Gasteiger partial charge in [0.05, 0.1) is 6.61 Å². The van der Waals surface area contributed by atoms with E-state index < -0.39 is 53.2 Å². The molecule has 6 N–H and O–H groups in total. The molecule has 1 aromatic heterocycles. The van der Waals surface area contributed by atoms with E-state index >= 15 is 0 Å². The van der Waals surface area contributed by atoms with Crippen molar-refractivity contribution in [1.29, 1.82) is 5.41 Å². The van der Waals surface area contributed by atoms with Gasteiger partial charge in [0.2, 0.25) is 5.88 Å². The third-order valence-corrected chi connectivity index (χ3v) is 2.82. The van der Waals surface area contributed by atoms with Gasteiger partial charge in [0.25, 0.3) is 5.56 Å². The smallest absolute Gasteiger partial charge is 0.271 e. The highest BCUT2D eigenvalue weighted by Crippen LogP contribution is 2.26. The number of amidine groups is 1. The van der Waals surface area contributed by atoms with Gasteiger partial charge in [-0.1, -0.05) is 0 Å². The van der Waals surface area contributed by atoms with Gasteiger partial charge < -0.3 is 25.8 Å². The molecule has 0 saturated carbocycles. The Labute approximate surface area is 111 Å². The van der Waals surface area contributed by atoms with E-state index in [-0.39, 0.29) is 0 Å². The minimum atomic E-state index is -1.51. The van der Waals surface area contributed by atoms with Crippen LogP contribution in [0.15, 0.2) is 22.8 Å². The first-order chi connectivity index (χ1) is 9.38. The van der Waals surface area contributed by atoms with Gasteiger partial charge in [-0.25, -0.2) is 4.39 Å². The summed E-state index contributed by atoms with van der Waals surface area (Å²) in [5.41, 5.74) is 3.41. The van der Waals surface area contributed by atoms with Crippen LogP contribution >= 0.6 is 0 Å². The van der Waals surface area contributed by atoms with Crippen molar-refractivity contribution in [3.05, 3.63) is 39.8 Å². The third-order valence-electron chi connectivity index (χ3n) is 2.82. The number of aromatic nitrogens is 1. The van der Waals surface area contributed by atoms with E-state index in [0.717, 1.165) is 12.3 Å². The Hall–Kier alpha value is -2.39. The molecule has 0 aliphatic carbocycles. The quantitative estimate of drug-likeness (QED) is 0.345. The molecule has 1 aromatic rings. The predicted octanol–water partition coefficient (Wildman–Crippen LogP) is -1.29. The van der Waals surface area contributed by atoms with Crippen molar-refractivity contribution in [2.75, 3.05) is 6.61 Å². The summed E-state index contributed by atoms with van der Waals surface area (Å²) in [6, 6.07) is 0.862. The number of aliphatic hydroxyl groups excluding tert-OH is 3. The number of nitrogen functional groups attached to an aromatic ring is 1. The summed E-state index contributed by atoms with van der Waals surface area (Å²) in [4.78, 5) is 12.0. The SMILES string of the molecule is N=C(N)c1c(F)ccn(C2=C(O)C(O)C(CO)O2)c1=O. The van der Waals surface area contributed by atoms with Crippen LogP contribution in [0.3, 0.4) is 0 Å². The normalized spacial score (nSPS) is 21.9. The first-order valence-electron chi connectivity index (χ1n) is 5.53. The molecular formula is C11H12FN3O5. The Kier molecular flexibility index (Phi) is 3.47. The van der Waals surface area contributed by atoms with Crippen LogP contribution in [0.4, 0.5) is 4.39 Å².